The molecule has 2 aromatic carbocycles. The molecule has 0 radical (unpaired) electrons. The first kappa shape index (κ1) is 22.2. The van der Waals surface area contributed by atoms with Gasteiger partial charge in [0.15, 0.2) is 17.3 Å². The highest BCUT2D eigenvalue weighted by Gasteiger charge is 2.22. The van der Waals surface area contributed by atoms with Crippen molar-refractivity contribution in [3.8, 4) is 17.2 Å². The second-order valence-electron chi connectivity index (χ2n) is 6.71. The molecule has 156 valence electrons. The van der Waals surface area contributed by atoms with Crippen molar-refractivity contribution < 1.29 is 23.8 Å². The molecule has 0 aliphatic heterocycles. The molecule has 2 aromatic rings. The van der Waals surface area contributed by atoms with Gasteiger partial charge in [-0.05, 0) is 51.2 Å². The molecule has 0 spiro atoms. The fraction of sp³-hybridized carbons (Fsp3) is 0.364. The largest absolute Gasteiger partial charge is 0.493 e. The van der Waals surface area contributed by atoms with Gasteiger partial charge in [0.25, 0.3) is 0 Å². The Morgan fingerprint density at radius 3 is 2.10 bits per heavy atom. The van der Waals surface area contributed by atoms with E-state index in [0.29, 0.717) is 35.0 Å². The van der Waals surface area contributed by atoms with E-state index >= 15 is 0 Å². The maximum absolute atomic E-state index is 12.6. The molecule has 0 saturated carbocycles. The topological polar surface area (TPSA) is 77.1 Å². The third kappa shape index (κ3) is 5.26. The van der Waals surface area contributed by atoms with Crippen LogP contribution >= 0.6 is 0 Å². The zero-order valence-electron chi connectivity index (χ0n) is 17.7. The molecule has 29 heavy (non-hydrogen) atoms. The second-order valence-corrected chi connectivity index (χ2v) is 6.71. The van der Waals surface area contributed by atoms with Gasteiger partial charge >= 0.3 is 0 Å². The van der Waals surface area contributed by atoms with E-state index in [1.807, 2.05) is 31.0 Å². The minimum atomic E-state index is -0.403. The summed E-state index contributed by atoms with van der Waals surface area (Å²) in [6.07, 6.45) is 0. The van der Waals surface area contributed by atoms with E-state index < -0.39 is 6.04 Å². The zero-order valence-corrected chi connectivity index (χ0v) is 17.7. The summed E-state index contributed by atoms with van der Waals surface area (Å²) in [5, 5.41) is 2.88. The molecule has 0 bridgehead atoms. The summed E-state index contributed by atoms with van der Waals surface area (Å²) < 4.78 is 16.2. The van der Waals surface area contributed by atoms with Crippen LogP contribution in [-0.4, -0.2) is 51.0 Å². The Morgan fingerprint density at radius 2 is 1.59 bits per heavy atom. The summed E-state index contributed by atoms with van der Waals surface area (Å²) in [5.74, 6) is 1.51. The highest BCUT2D eigenvalue weighted by molar-refractivity contribution is 5.96. The Morgan fingerprint density at radius 1 is 0.966 bits per heavy atom. The van der Waals surface area contributed by atoms with Gasteiger partial charge in [-0.15, -0.1) is 0 Å². The van der Waals surface area contributed by atoms with Crippen LogP contribution in [0.2, 0.25) is 0 Å². The smallest absolute Gasteiger partial charge is 0.241 e. The minimum Gasteiger partial charge on any atom is -0.493 e. The molecule has 1 atom stereocenters. The van der Waals surface area contributed by atoms with E-state index in [1.54, 1.807) is 45.6 Å². The molecule has 7 heteroatoms. The number of methoxy groups -OCH3 is 3. The van der Waals surface area contributed by atoms with Crippen molar-refractivity contribution in [3.05, 3.63) is 47.5 Å². The fourth-order valence-electron chi connectivity index (χ4n) is 2.93. The first-order valence-electron chi connectivity index (χ1n) is 9.22. The van der Waals surface area contributed by atoms with E-state index in [4.69, 9.17) is 14.2 Å². The summed E-state index contributed by atoms with van der Waals surface area (Å²) >= 11 is 0. The van der Waals surface area contributed by atoms with E-state index in [2.05, 4.69) is 5.32 Å². The number of amides is 1. The highest BCUT2D eigenvalue weighted by atomic mass is 16.5. The van der Waals surface area contributed by atoms with Crippen molar-refractivity contribution in [1.29, 1.82) is 0 Å². The lowest BCUT2D eigenvalue weighted by Gasteiger charge is -2.25. The number of nitrogens with zero attached hydrogens (tertiary/aromatic N) is 1. The van der Waals surface area contributed by atoms with E-state index in [9.17, 15) is 9.59 Å². The van der Waals surface area contributed by atoms with E-state index in [-0.39, 0.29) is 11.7 Å². The molecule has 0 heterocycles. The molecule has 0 saturated heterocycles. The SMILES string of the molecule is COc1ccc(CN(C)[C@H](C)C(=O)Nc2ccc(C(C)=O)cc2)c(OC)c1OC. The zero-order chi connectivity index (χ0) is 21.6. The second kappa shape index (κ2) is 9.93. The molecular formula is C22H28N2O5. The molecular weight excluding hydrogens is 372 g/mol. The van der Waals surface area contributed by atoms with Gasteiger partial charge in [-0.1, -0.05) is 6.07 Å². The third-order valence-electron chi connectivity index (χ3n) is 4.81. The van der Waals surface area contributed by atoms with Gasteiger partial charge in [-0.2, -0.15) is 0 Å². The van der Waals surface area contributed by atoms with Crippen molar-refractivity contribution in [2.75, 3.05) is 33.7 Å². The number of anilines is 1. The van der Waals surface area contributed by atoms with Crippen LogP contribution < -0.4 is 19.5 Å². The fourth-order valence-corrected chi connectivity index (χ4v) is 2.93. The molecule has 1 amide bonds. The summed E-state index contributed by atoms with van der Waals surface area (Å²) in [5.41, 5.74) is 2.12. The van der Waals surface area contributed by atoms with Crippen molar-refractivity contribution in [3.63, 3.8) is 0 Å². The first-order valence-corrected chi connectivity index (χ1v) is 9.22. The van der Waals surface area contributed by atoms with Crippen molar-refractivity contribution >= 4 is 17.4 Å². The van der Waals surface area contributed by atoms with Gasteiger partial charge in [-0.25, -0.2) is 0 Å². The highest BCUT2D eigenvalue weighted by Crippen LogP contribution is 2.40. The van der Waals surface area contributed by atoms with Crippen LogP contribution in [0.3, 0.4) is 0 Å². The van der Waals surface area contributed by atoms with Gasteiger partial charge in [0.05, 0.1) is 27.4 Å². The molecule has 2 rings (SSSR count). The van der Waals surface area contributed by atoms with Crippen molar-refractivity contribution in [1.82, 2.24) is 4.90 Å². The van der Waals surface area contributed by atoms with Crippen LogP contribution in [0.5, 0.6) is 17.2 Å². The number of hydrogen-bond acceptors (Lipinski definition) is 6. The average Bonchev–Trinajstić information content (AvgIpc) is 2.72. The molecule has 0 aliphatic carbocycles. The molecule has 0 aliphatic rings. The number of ether oxygens (including phenoxy) is 3. The number of carbonyl (C=O) groups is 2. The number of hydrogen-bond donors (Lipinski definition) is 1. The summed E-state index contributed by atoms with van der Waals surface area (Å²) in [7, 11) is 6.56. The van der Waals surface area contributed by atoms with Crippen molar-refractivity contribution in [2.45, 2.75) is 26.4 Å². The number of benzene rings is 2. The summed E-state index contributed by atoms with van der Waals surface area (Å²) in [6.45, 7) is 3.81. The number of Topliss-reactive ketones (excluding diaryl/α,β-unsaturated/α-hetero) is 1. The number of likely N-dealkylation sites (N-methyl/N-ethyl adjacent to an activating group) is 1. The van der Waals surface area contributed by atoms with Crippen LogP contribution in [0.15, 0.2) is 36.4 Å². The lowest BCUT2D eigenvalue weighted by atomic mass is 10.1. The van der Waals surface area contributed by atoms with Gasteiger partial charge in [0.2, 0.25) is 11.7 Å². The normalized spacial score (nSPS) is 11.7. The summed E-state index contributed by atoms with van der Waals surface area (Å²) in [4.78, 5) is 25.9. The van der Waals surface area contributed by atoms with E-state index in [0.717, 1.165) is 5.56 Å². The average molecular weight is 400 g/mol. The van der Waals surface area contributed by atoms with Crippen LogP contribution in [0.4, 0.5) is 5.69 Å². The molecule has 0 aromatic heterocycles. The Labute approximate surface area is 171 Å². The summed E-state index contributed by atoms with van der Waals surface area (Å²) in [6, 6.07) is 10.1. The van der Waals surface area contributed by atoms with Crippen LogP contribution in [0, 0.1) is 0 Å². The lowest BCUT2D eigenvalue weighted by molar-refractivity contribution is -0.120. The van der Waals surface area contributed by atoms with Gasteiger partial charge in [0, 0.05) is 23.4 Å². The van der Waals surface area contributed by atoms with Crippen LogP contribution in [0.1, 0.15) is 29.8 Å². The molecule has 0 unspecified atom stereocenters. The van der Waals surface area contributed by atoms with E-state index in [1.165, 1.54) is 6.92 Å². The van der Waals surface area contributed by atoms with Gasteiger partial charge in [0.1, 0.15) is 0 Å². The Kier molecular flexibility index (Phi) is 7.61. The molecule has 0 fully saturated rings. The number of nitrogens with one attached hydrogen (secondary N) is 1. The maximum Gasteiger partial charge on any atom is 0.241 e. The number of rotatable bonds is 9. The Bertz CT molecular complexity index is 864. The Hall–Kier alpha value is -3.06. The Balaban J connectivity index is 2.10. The van der Waals surface area contributed by atoms with Gasteiger partial charge < -0.3 is 19.5 Å². The van der Waals surface area contributed by atoms with Crippen molar-refractivity contribution in [2.24, 2.45) is 0 Å². The number of carbonyl (C=O) groups excluding carboxylic acids is 2. The maximum atomic E-state index is 12.6. The van der Waals surface area contributed by atoms with Crippen LogP contribution in [-0.2, 0) is 11.3 Å². The minimum absolute atomic E-state index is 0.0140. The van der Waals surface area contributed by atoms with Gasteiger partial charge in [-0.3, -0.25) is 14.5 Å². The van der Waals surface area contributed by atoms with Crippen LogP contribution in [0.25, 0.3) is 0 Å². The standard InChI is InChI=1S/C22H28N2O5/c1-14(22(26)23-18-10-7-16(8-11-18)15(2)25)24(3)13-17-9-12-19(27-4)21(29-6)20(17)28-5/h7-12,14H,13H2,1-6H3,(H,23,26)/t14-/m1/s1. The molecule has 1 N–H and O–H groups in total. The monoisotopic (exact) mass is 400 g/mol. The predicted molar refractivity (Wildman–Crippen MR) is 112 cm³/mol. The predicted octanol–water partition coefficient (Wildman–Crippen LogP) is 3.37. The molecule has 7 nitrogen and oxygen atoms in total. The third-order valence-corrected chi connectivity index (χ3v) is 4.81. The lowest BCUT2D eigenvalue weighted by Crippen LogP contribution is -2.39. The first-order chi connectivity index (χ1) is 13.8. The number of ketones is 1. The quantitative estimate of drug-likeness (QED) is 0.651.